The maximum absolute atomic E-state index is 12.1. The van der Waals surface area contributed by atoms with Gasteiger partial charge in [0.05, 0.1) is 46.1 Å². The number of likely N-dealkylation sites (tertiary alicyclic amines) is 1. The molecule has 3 amide bonds. The number of hydrazine groups is 1. The van der Waals surface area contributed by atoms with Gasteiger partial charge in [-0.25, -0.2) is 40.2 Å². The number of alkyl halides is 1. The van der Waals surface area contributed by atoms with Crippen molar-refractivity contribution in [3.8, 4) is 67.2 Å². The molecular formula is C90H96ClN17O6. The van der Waals surface area contributed by atoms with Crippen LogP contribution in [0.2, 0.25) is 0 Å². The lowest BCUT2D eigenvalue weighted by Gasteiger charge is -2.19. The third-order valence-corrected chi connectivity index (χ3v) is 19.1. The monoisotopic (exact) mass is 1550 g/mol. The summed E-state index contributed by atoms with van der Waals surface area (Å²) in [4.78, 5) is 57.9. The van der Waals surface area contributed by atoms with Gasteiger partial charge in [0.25, 0.3) is 0 Å². The number of alkyl carbamates (subject to hydrolysis) is 3. The van der Waals surface area contributed by atoms with E-state index in [9.17, 15) is 14.4 Å². The van der Waals surface area contributed by atoms with Crippen LogP contribution in [0, 0.1) is 0 Å². The molecule has 2 aliphatic rings. The van der Waals surface area contributed by atoms with Crippen LogP contribution in [0.25, 0.3) is 111 Å². The second-order valence-corrected chi connectivity index (χ2v) is 31.2. The van der Waals surface area contributed by atoms with Gasteiger partial charge in [-0.05, 0) is 184 Å². The number of nitrogen functional groups attached to an aromatic ring is 1. The molecule has 14 aromatic rings. The van der Waals surface area contributed by atoms with E-state index in [1.54, 1.807) is 6.20 Å². The Hall–Kier alpha value is -12.3. The molecule has 0 unspecified atom stereocenters. The standard InChI is InChI=1S/C32H34N6O2.C28H26ClN5O2.C26H27N5O2.C4H9N/c1-32(2,3)40-31(39)33-20-22-11-13-24(14-12-22)29-25(23-9-5-4-6-10-23)19-26-27(34-29)15-18-38-28(35-36-30(26)38)21-37-16-7-8-17-37;1-28(2,3)36-27(35)30-17-18-9-11-20(12-10-18)25-21(19-7-5-4-6-8-19)15-22-23(31-25)13-14-34-24(16-29)32-33-26(22)34;1-26(2,3)33-25(32)29-16-17-9-11-19(12-10-17)23-20(18-7-5-4-6-8-18)15-21-22(30-23)13-14-28-24(21)31-27;1-2-4-5-3-1/h4-6,9-15,18-19H,7-8,16-17,20-21H2,1-3H3,(H,33,39);4-15H,16-17H2,1-3H3,(H,30,35);4-15H,16,27H2,1-3H3,(H,28,31)(H,29,32);5H,1-4H2. The molecule has 10 heterocycles. The molecule has 584 valence electrons. The highest BCUT2D eigenvalue weighted by Crippen LogP contribution is 2.39. The number of fused-ring (bicyclic) bond motifs is 7. The van der Waals surface area contributed by atoms with Crippen molar-refractivity contribution in [1.29, 1.82) is 0 Å². The fraction of sp³-hybridized carbons (Fsp3) is 0.278. The van der Waals surface area contributed by atoms with Crippen molar-refractivity contribution >= 4 is 79.7 Å². The fourth-order valence-electron chi connectivity index (χ4n) is 13.4. The lowest BCUT2D eigenvalue weighted by Crippen LogP contribution is -2.32. The summed E-state index contributed by atoms with van der Waals surface area (Å²) < 4.78 is 20.0. The second-order valence-electron chi connectivity index (χ2n) is 31.0. The van der Waals surface area contributed by atoms with E-state index in [-0.39, 0.29) is 5.88 Å². The van der Waals surface area contributed by atoms with E-state index in [2.05, 4.69) is 134 Å². The maximum atomic E-state index is 12.1. The SMILES string of the molecule is C1CCNC1.CC(C)(C)OC(=O)NCc1ccc(-c2nc3ccn4c(CCl)nnc4c3cc2-c2ccccc2)cc1.CC(C)(C)OC(=O)NCc1ccc(-c2nc3ccn4c(CN5CCCC5)nnc4c3cc2-c2ccccc2)cc1.CC(C)(C)OC(=O)NCc1ccc(-c2nc3ccnc(NN)c3cc2-c2ccccc2)cc1. The van der Waals surface area contributed by atoms with Gasteiger partial charge < -0.3 is 40.9 Å². The minimum absolute atomic E-state index is 0.277. The molecule has 0 aliphatic carbocycles. The zero-order valence-electron chi connectivity index (χ0n) is 65.8. The number of amides is 3. The number of carbonyl (C=O) groups excluding carboxylic acids is 3. The Morgan fingerprint density at radius 1 is 0.439 bits per heavy atom. The highest BCUT2D eigenvalue weighted by molar-refractivity contribution is 6.16. The van der Waals surface area contributed by atoms with Gasteiger partial charge in [-0.1, -0.05) is 164 Å². The minimum Gasteiger partial charge on any atom is -0.444 e. The molecule has 24 heteroatoms. The number of rotatable bonds is 16. The number of hydrogen-bond acceptors (Lipinski definition) is 18. The third kappa shape index (κ3) is 20.5. The first-order valence-corrected chi connectivity index (χ1v) is 39.0. The number of aromatic nitrogens is 10. The van der Waals surface area contributed by atoms with Crippen LogP contribution < -0.4 is 32.5 Å². The number of halogens is 1. The summed E-state index contributed by atoms with van der Waals surface area (Å²) in [6.07, 6.45) is 9.58. The Morgan fingerprint density at radius 3 is 1.15 bits per heavy atom. The third-order valence-electron chi connectivity index (χ3n) is 18.8. The molecule has 2 saturated heterocycles. The Morgan fingerprint density at radius 2 is 0.798 bits per heavy atom. The molecule has 6 aromatic carbocycles. The van der Waals surface area contributed by atoms with Gasteiger partial charge in [-0.15, -0.1) is 32.0 Å². The number of nitrogens with two attached hydrogens (primary N) is 1. The van der Waals surface area contributed by atoms with Gasteiger partial charge in [0.1, 0.15) is 22.6 Å². The van der Waals surface area contributed by atoms with E-state index in [4.69, 9.17) is 46.6 Å². The first-order valence-electron chi connectivity index (χ1n) is 38.5. The van der Waals surface area contributed by atoms with Crippen LogP contribution in [0.15, 0.2) is 219 Å². The van der Waals surface area contributed by atoms with Gasteiger partial charge >= 0.3 is 18.3 Å². The molecule has 0 bridgehead atoms. The molecule has 23 nitrogen and oxygen atoms in total. The molecule has 0 radical (unpaired) electrons. The Labute approximate surface area is 668 Å². The fourth-order valence-corrected chi connectivity index (χ4v) is 13.6. The average Bonchev–Trinajstić information content (AvgIpc) is 1.37. The molecule has 114 heavy (non-hydrogen) atoms. The Bertz CT molecular complexity index is 5640. The van der Waals surface area contributed by atoms with E-state index < -0.39 is 35.1 Å². The highest BCUT2D eigenvalue weighted by Gasteiger charge is 2.24. The van der Waals surface area contributed by atoms with Gasteiger partial charge in [0.15, 0.2) is 22.9 Å². The summed E-state index contributed by atoms with van der Waals surface area (Å²) in [6.45, 7) is 23.3. The summed E-state index contributed by atoms with van der Waals surface area (Å²) in [7, 11) is 0. The summed E-state index contributed by atoms with van der Waals surface area (Å²) in [6, 6.07) is 66.9. The average molecular weight is 1550 g/mol. The van der Waals surface area contributed by atoms with E-state index in [0.717, 1.165) is 153 Å². The van der Waals surface area contributed by atoms with Crippen LogP contribution in [0.5, 0.6) is 0 Å². The predicted molar refractivity (Wildman–Crippen MR) is 452 cm³/mol. The van der Waals surface area contributed by atoms with Gasteiger partial charge in [0.2, 0.25) is 0 Å². The lowest BCUT2D eigenvalue weighted by molar-refractivity contribution is 0.0512. The van der Waals surface area contributed by atoms with Crippen LogP contribution >= 0.6 is 11.6 Å². The van der Waals surface area contributed by atoms with E-state index in [1.165, 1.54) is 38.8 Å². The normalized spacial score (nSPS) is 13.0. The molecule has 2 fully saturated rings. The largest absolute Gasteiger partial charge is 0.444 e. The number of nitrogens with one attached hydrogen (secondary N) is 5. The van der Waals surface area contributed by atoms with Crippen molar-refractivity contribution in [2.24, 2.45) is 5.84 Å². The quantitative estimate of drug-likeness (QED) is 0.0227. The zero-order chi connectivity index (χ0) is 79.9. The van der Waals surface area contributed by atoms with Crippen molar-refractivity contribution in [1.82, 2.24) is 75.3 Å². The zero-order valence-corrected chi connectivity index (χ0v) is 66.6. The van der Waals surface area contributed by atoms with Crippen molar-refractivity contribution in [3.63, 3.8) is 0 Å². The number of anilines is 1. The van der Waals surface area contributed by atoms with Crippen molar-refractivity contribution in [2.45, 2.75) is 137 Å². The van der Waals surface area contributed by atoms with Crippen LogP contribution in [0.1, 0.15) is 116 Å². The number of carbonyl (C=O) groups is 3. The molecular weight excluding hydrogens is 1450 g/mol. The molecule has 0 atom stereocenters. The number of pyridine rings is 6. The summed E-state index contributed by atoms with van der Waals surface area (Å²) >= 11 is 6.04. The maximum Gasteiger partial charge on any atom is 0.407 e. The molecule has 0 spiro atoms. The lowest BCUT2D eigenvalue weighted by atomic mass is 9.97. The molecule has 0 saturated carbocycles. The van der Waals surface area contributed by atoms with Crippen LogP contribution in [-0.2, 0) is 46.3 Å². The first kappa shape index (κ1) is 79.8. The van der Waals surface area contributed by atoms with E-state index in [1.807, 2.05) is 207 Å². The number of ether oxygens (including phenoxy) is 3. The number of nitrogens with zero attached hydrogens (tertiary/aromatic N) is 11. The van der Waals surface area contributed by atoms with Gasteiger partial charge in [-0.2, -0.15) is 0 Å². The molecule has 16 rings (SSSR count). The van der Waals surface area contributed by atoms with Crippen molar-refractivity contribution < 1.29 is 28.6 Å². The van der Waals surface area contributed by atoms with E-state index in [0.29, 0.717) is 31.3 Å². The smallest absolute Gasteiger partial charge is 0.407 e. The van der Waals surface area contributed by atoms with E-state index >= 15 is 0 Å². The topological polar surface area (TPSA) is 280 Å². The summed E-state index contributed by atoms with van der Waals surface area (Å²) in [5, 5.41) is 32.1. The Balaban J connectivity index is 0.000000145. The predicted octanol–water partition coefficient (Wildman–Crippen LogP) is 18.3. The van der Waals surface area contributed by atoms with Crippen LogP contribution in [0.4, 0.5) is 20.2 Å². The summed E-state index contributed by atoms with van der Waals surface area (Å²) in [5.74, 6) is 8.18. The first-order chi connectivity index (χ1) is 55.0. The van der Waals surface area contributed by atoms with Gasteiger partial charge in [-0.3, -0.25) is 13.7 Å². The summed E-state index contributed by atoms with van der Waals surface area (Å²) in [5.41, 5.74) is 19.7. The molecule has 8 aromatic heterocycles. The number of benzene rings is 6. The molecule has 2 aliphatic heterocycles. The second kappa shape index (κ2) is 36.0. The van der Waals surface area contributed by atoms with Crippen LogP contribution in [0.3, 0.4) is 0 Å². The van der Waals surface area contributed by atoms with Gasteiger partial charge in [0, 0.05) is 87.8 Å². The molecule has 7 N–H and O–H groups in total. The number of hydrogen-bond donors (Lipinski definition) is 6. The highest BCUT2D eigenvalue weighted by atomic mass is 35.5. The van der Waals surface area contributed by atoms with Crippen molar-refractivity contribution in [2.75, 3.05) is 31.6 Å². The van der Waals surface area contributed by atoms with Crippen molar-refractivity contribution in [3.05, 3.63) is 247 Å². The Kier molecular flexibility index (Phi) is 25.2. The van der Waals surface area contributed by atoms with Crippen LogP contribution in [-0.4, -0.2) is 115 Å². The minimum atomic E-state index is -0.535.